The molecule has 0 unspecified atom stereocenters. The van der Waals surface area contributed by atoms with Gasteiger partial charge in [0, 0.05) is 23.9 Å². The maximum absolute atomic E-state index is 12.7. The van der Waals surface area contributed by atoms with Gasteiger partial charge in [0.05, 0.1) is 5.52 Å². The molecule has 126 valence electrons. The first-order valence-electron chi connectivity index (χ1n) is 9.27. The Balaban J connectivity index is 0.000000924. The number of aromatic nitrogens is 1. The highest BCUT2D eigenvalue weighted by molar-refractivity contribution is 6.03. The van der Waals surface area contributed by atoms with E-state index < -0.39 is 0 Å². The van der Waals surface area contributed by atoms with E-state index in [0.717, 1.165) is 29.1 Å². The Hall–Kier alpha value is -1.57. The zero-order chi connectivity index (χ0) is 16.8. The second-order valence-electron chi connectivity index (χ2n) is 6.58. The fourth-order valence-electron chi connectivity index (χ4n) is 3.76. The van der Waals surface area contributed by atoms with Gasteiger partial charge in [0.25, 0.3) is 0 Å². The number of hydrogen-bond acceptors (Lipinski definition) is 1. The zero-order valence-corrected chi connectivity index (χ0v) is 15.2. The summed E-state index contributed by atoms with van der Waals surface area (Å²) in [6.07, 6.45) is 10.6. The lowest BCUT2D eigenvalue weighted by molar-refractivity contribution is 0.0972. The first-order valence-corrected chi connectivity index (χ1v) is 9.27. The molecule has 1 aliphatic rings. The van der Waals surface area contributed by atoms with Crippen LogP contribution in [0.2, 0.25) is 0 Å². The standard InChI is InChI=1S/C19H25NO.C2H6/c1-14-7-6-12-20-15(2)13-17(19(14)20)18(21)11-10-16-8-4-3-5-9-16;1-2/h6-7,12-13,16H,3-5,8-11H2,1-2H3;1-2H3. The lowest BCUT2D eigenvalue weighted by atomic mass is 9.85. The molecule has 0 aromatic carbocycles. The quantitative estimate of drug-likeness (QED) is 0.622. The first kappa shape index (κ1) is 17.8. The number of pyridine rings is 1. The molecule has 1 fully saturated rings. The van der Waals surface area contributed by atoms with E-state index in [-0.39, 0.29) is 0 Å². The highest BCUT2D eigenvalue weighted by Gasteiger charge is 2.18. The van der Waals surface area contributed by atoms with Crippen LogP contribution < -0.4 is 0 Å². The summed E-state index contributed by atoms with van der Waals surface area (Å²) in [6, 6.07) is 6.20. The van der Waals surface area contributed by atoms with Gasteiger partial charge >= 0.3 is 0 Å². The van der Waals surface area contributed by atoms with Crippen molar-refractivity contribution in [3.05, 3.63) is 41.2 Å². The lowest BCUT2D eigenvalue weighted by Gasteiger charge is -2.20. The molecule has 0 amide bonds. The van der Waals surface area contributed by atoms with Gasteiger partial charge in [0.2, 0.25) is 0 Å². The van der Waals surface area contributed by atoms with Gasteiger partial charge in [-0.3, -0.25) is 4.79 Å². The van der Waals surface area contributed by atoms with Crippen LogP contribution in [0.5, 0.6) is 0 Å². The van der Waals surface area contributed by atoms with Crippen molar-refractivity contribution in [2.75, 3.05) is 0 Å². The minimum atomic E-state index is 0.320. The summed E-state index contributed by atoms with van der Waals surface area (Å²) in [5.41, 5.74) is 4.35. The van der Waals surface area contributed by atoms with Crippen LogP contribution in [0, 0.1) is 19.8 Å². The molecule has 0 bridgehead atoms. The Morgan fingerprint density at radius 2 is 1.87 bits per heavy atom. The van der Waals surface area contributed by atoms with Crippen molar-refractivity contribution < 1.29 is 4.79 Å². The number of carbonyl (C=O) groups excluding carboxylic acids is 1. The zero-order valence-electron chi connectivity index (χ0n) is 15.2. The first-order chi connectivity index (χ1) is 11.2. The molecular formula is C21H31NO. The van der Waals surface area contributed by atoms with E-state index in [1.165, 1.54) is 37.7 Å². The minimum Gasteiger partial charge on any atom is -0.320 e. The van der Waals surface area contributed by atoms with Crippen molar-refractivity contribution in [1.29, 1.82) is 0 Å². The van der Waals surface area contributed by atoms with Crippen LogP contribution in [0.4, 0.5) is 0 Å². The molecule has 2 aromatic rings. The van der Waals surface area contributed by atoms with E-state index in [4.69, 9.17) is 0 Å². The third-order valence-corrected chi connectivity index (χ3v) is 4.99. The molecule has 0 aliphatic heterocycles. The summed E-state index contributed by atoms with van der Waals surface area (Å²) in [5, 5.41) is 0. The van der Waals surface area contributed by atoms with Gasteiger partial charge in [-0.2, -0.15) is 0 Å². The van der Waals surface area contributed by atoms with Gasteiger partial charge in [0.15, 0.2) is 5.78 Å². The Morgan fingerprint density at radius 3 is 2.57 bits per heavy atom. The van der Waals surface area contributed by atoms with Crippen molar-refractivity contribution in [2.24, 2.45) is 5.92 Å². The summed E-state index contributed by atoms with van der Waals surface area (Å²) in [7, 11) is 0. The predicted octanol–water partition coefficient (Wildman–Crippen LogP) is 6.13. The highest BCUT2D eigenvalue weighted by atomic mass is 16.1. The number of Topliss-reactive ketones (excluding diaryl/α,β-unsaturated/α-hetero) is 1. The molecule has 1 saturated carbocycles. The molecule has 3 rings (SSSR count). The second-order valence-corrected chi connectivity index (χ2v) is 6.58. The van der Waals surface area contributed by atoms with E-state index in [0.29, 0.717) is 12.2 Å². The van der Waals surface area contributed by atoms with E-state index in [9.17, 15) is 4.79 Å². The van der Waals surface area contributed by atoms with E-state index in [1.54, 1.807) is 0 Å². The van der Waals surface area contributed by atoms with E-state index >= 15 is 0 Å². The molecule has 0 atom stereocenters. The van der Waals surface area contributed by atoms with Crippen LogP contribution in [0.25, 0.3) is 5.52 Å². The van der Waals surface area contributed by atoms with Crippen molar-refractivity contribution in [2.45, 2.75) is 72.6 Å². The molecule has 2 aromatic heterocycles. The summed E-state index contributed by atoms with van der Waals surface area (Å²) in [4.78, 5) is 12.7. The van der Waals surface area contributed by atoms with Gasteiger partial charge < -0.3 is 4.40 Å². The highest BCUT2D eigenvalue weighted by Crippen LogP contribution is 2.29. The van der Waals surface area contributed by atoms with Crippen LogP contribution in [-0.2, 0) is 0 Å². The van der Waals surface area contributed by atoms with E-state index in [1.807, 2.05) is 19.9 Å². The molecule has 0 N–H and O–H groups in total. The van der Waals surface area contributed by atoms with Gasteiger partial charge in [-0.25, -0.2) is 0 Å². The van der Waals surface area contributed by atoms with Crippen molar-refractivity contribution >= 4 is 11.3 Å². The maximum Gasteiger partial charge on any atom is 0.165 e. The third kappa shape index (κ3) is 4.04. The summed E-state index contributed by atoms with van der Waals surface area (Å²) in [6.45, 7) is 8.16. The Bertz CT molecular complexity index is 647. The van der Waals surface area contributed by atoms with Gasteiger partial charge in [-0.15, -0.1) is 0 Å². The smallest absolute Gasteiger partial charge is 0.165 e. The molecule has 0 saturated heterocycles. The van der Waals surface area contributed by atoms with Crippen molar-refractivity contribution in [3.8, 4) is 0 Å². The Kier molecular flexibility index (Phi) is 6.44. The molecule has 0 radical (unpaired) electrons. The fraction of sp³-hybridized carbons (Fsp3) is 0.571. The summed E-state index contributed by atoms with van der Waals surface area (Å²) < 4.78 is 2.14. The number of nitrogens with zero attached hydrogens (tertiary/aromatic N) is 1. The summed E-state index contributed by atoms with van der Waals surface area (Å²) >= 11 is 0. The number of fused-ring (bicyclic) bond motifs is 1. The Labute approximate surface area is 140 Å². The van der Waals surface area contributed by atoms with Crippen molar-refractivity contribution in [1.82, 2.24) is 4.40 Å². The Morgan fingerprint density at radius 1 is 1.17 bits per heavy atom. The van der Waals surface area contributed by atoms with Crippen molar-refractivity contribution in [3.63, 3.8) is 0 Å². The summed E-state index contributed by atoms with van der Waals surface area (Å²) in [5.74, 6) is 1.10. The SMILES string of the molecule is CC.Cc1cccn2c(C)cc(C(=O)CCC3CCCCC3)c12. The van der Waals surface area contributed by atoms with Crippen LogP contribution in [0.1, 0.15) is 80.4 Å². The van der Waals surface area contributed by atoms with Gasteiger partial charge in [-0.1, -0.05) is 52.0 Å². The van der Waals surface area contributed by atoms with Gasteiger partial charge in [0.1, 0.15) is 0 Å². The molecule has 1 aliphatic carbocycles. The number of hydrogen-bond donors (Lipinski definition) is 0. The molecule has 2 heteroatoms. The predicted molar refractivity (Wildman–Crippen MR) is 98.4 cm³/mol. The number of aryl methyl sites for hydroxylation is 2. The minimum absolute atomic E-state index is 0.320. The second kappa shape index (κ2) is 8.33. The average molecular weight is 313 g/mol. The topological polar surface area (TPSA) is 21.5 Å². The largest absolute Gasteiger partial charge is 0.320 e. The molecular weight excluding hydrogens is 282 g/mol. The lowest BCUT2D eigenvalue weighted by Crippen LogP contribution is -2.09. The molecule has 0 spiro atoms. The fourth-order valence-corrected chi connectivity index (χ4v) is 3.76. The number of rotatable bonds is 4. The average Bonchev–Trinajstić information content (AvgIpc) is 2.94. The van der Waals surface area contributed by atoms with Crippen LogP contribution in [0.3, 0.4) is 0 Å². The monoisotopic (exact) mass is 313 g/mol. The van der Waals surface area contributed by atoms with Crippen LogP contribution in [-0.4, -0.2) is 10.2 Å². The van der Waals surface area contributed by atoms with Crippen LogP contribution >= 0.6 is 0 Å². The molecule has 23 heavy (non-hydrogen) atoms. The molecule has 2 nitrogen and oxygen atoms in total. The maximum atomic E-state index is 12.7. The van der Waals surface area contributed by atoms with Crippen LogP contribution in [0.15, 0.2) is 24.4 Å². The van der Waals surface area contributed by atoms with Gasteiger partial charge in [-0.05, 0) is 43.9 Å². The number of carbonyl (C=O) groups is 1. The molecule has 2 heterocycles. The number of ketones is 1. The van der Waals surface area contributed by atoms with E-state index in [2.05, 4.69) is 36.6 Å². The third-order valence-electron chi connectivity index (χ3n) is 4.99. The normalized spacial score (nSPS) is 15.3.